The Balaban J connectivity index is 4.47. The van der Waals surface area contributed by atoms with Gasteiger partial charge < -0.3 is 14.2 Å². The number of ether oxygens (including phenoxy) is 3. The van der Waals surface area contributed by atoms with E-state index in [1.165, 1.54) is 89.9 Å². The number of carbonyl (C=O) groups excluding carboxylic acids is 3. The van der Waals surface area contributed by atoms with Crippen molar-refractivity contribution in [2.24, 2.45) is 0 Å². The van der Waals surface area contributed by atoms with Crippen LogP contribution in [0.4, 0.5) is 0 Å². The normalized spacial score (nSPS) is 13.0. The highest BCUT2D eigenvalue weighted by molar-refractivity contribution is 5.72. The molecule has 70 heavy (non-hydrogen) atoms. The maximum atomic E-state index is 12.8. The van der Waals surface area contributed by atoms with Crippen LogP contribution in [0.15, 0.2) is 122 Å². The fourth-order valence-corrected chi connectivity index (χ4v) is 7.42. The van der Waals surface area contributed by atoms with Crippen LogP contribution in [0, 0.1) is 0 Å². The van der Waals surface area contributed by atoms with Gasteiger partial charge in [-0.2, -0.15) is 0 Å². The number of unbranched alkanes of at least 4 members (excludes halogenated alkanes) is 20. The first kappa shape index (κ1) is 65.8. The third-order valence-electron chi connectivity index (χ3n) is 11.7. The fourth-order valence-electron chi connectivity index (χ4n) is 7.42. The van der Waals surface area contributed by atoms with Crippen molar-refractivity contribution in [3.8, 4) is 0 Å². The second kappa shape index (κ2) is 57.4. The van der Waals surface area contributed by atoms with Crippen LogP contribution in [0.3, 0.4) is 0 Å². The Morgan fingerprint density at radius 2 is 0.614 bits per heavy atom. The molecule has 6 nitrogen and oxygen atoms in total. The van der Waals surface area contributed by atoms with E-state index in [-0.39, 0.29) is 31.6 Å². The van der Waals surface area contributed by atoms with Gasteiger partial charge in [-0.25, -0.2) is 0 Å². The fraction of sp³-hybridized carbons (Fsp3) is 0.641. The molecule has 0 fully saturated rings. The summed E-state index contributed by atoms with van der Waals surface area (Å²) in [6, 6.07) is 0. The first-order chi connectivity index (χ1) is 34.5. The molecule has 6 heteroatoms. The predicted octanol–water partition coefficient (Wildman–Crippen LogP) is 19.3. The number of hydrogen-bond donors (Lipinski definition) is 0. The van der Waals surface area contributed by atoms with Crippen molar-refractivity contribution in [1.82, 2.24) is 0 Å². The van der Waals surface area contributed by atoms with Gasteiger partial charge in [0.1, 0.15) is 13.2 Å². The molecule has 0 amide bonds. The highest BCUT2D eigenvalue weighted by atomic mass is 16.6. The molecule has 0 aromatic rings. The molecule has 0 aliphatic carbocycles. The molecule has 0 spiro atoms. The van der Waals surface area contributed by atoms with Crippen LogP contribution in [-0.4, -0.2) is 37.2 Å². The van der Waals surface area contributed by atoms with Crippen molar-refractivity contribution in [1.29, 1.82) is 0 Å². The summed E-state index contributed by atoms with van der Waals surface area (Å²) in [5.74, 6) is -1.08. The molecule has 0 radical (unpaired) electrons. The average molecular weight is 970 g/mol. The number of rotatable bonds is 50. The molecule has 0 aromatic heterocycles. The van der Waals surface area contributed by atoms with E-state index >= 15 is 0 Å². The van der Waals surface area contributed by atoms with Crippen LogP contribution in [0.2, 0.25) is 0 Å². The van der Waals surface area contributed by atoms with Gasteiger partial charge in [-0.05, 0) is 109 Å². The summed E-state index contributed by atoms with van der Waals surface area (Å²) in [5, 5.41) is 0. The van der Waals surface area contributed by atoms with Gasteiger partial charge in [-0.1, -0.05) is 239 Å². The molecule has 1 atom stereocenters. The van der Waals surface area contributed by atoms with E-state index in [1.807, 2.05) is 6.08 Å². The van der Waals surface area contributed by atoms with Gasteiger partial charge in [0, 0.05) is 12.8 Å². The molecule has 0 aliphatic heterocycles. The van der Waals surface area contributed by atoms with Gasteiger partial charge in [-0.15, -0.1) is 0 Å². The molecular weight excluding hydrogens is 865 g/mol. The topological polar surface area (TPSA) is 78.9 Å². The Morgan fingerprint density at radius 3 is 0.986 bits per heavy atom. The molecule has 396 valence electrons. The first-order valence-electron chi connectivity index (χ1n) is 28.5. The lowest BCUT2D eigenvalue weighted by atomic mass is 10.1. The van der Waals surface area contributed by atoms with E-state index < -0.39 is 12.1 Å². The molecule has 0 rings (SSSR count). The van der Waals surface area contributed by atoms with Crippen LogP contribution in [0.25, 0.3) is 0 Å². The minimum Gasteiger partial charge on any atom is -0.462 e. The Bertz CT molecular complexity index is 1490. The van der Waals surface area contributed by atoms with Crippen LogP contribution < -0.4 is 0 Å². The summed E-state index contributed by atoms with van der Waals surface area (Å²) in [6.45, 7) is 6.36. The third kappa shape index (κ3) is 54.7. The zero-order valence-electron chi connectivity index (χ0n) is 45.2. The van der Waals surface area contributed by atoms with Crippen molar-refractivity contribution >= 4 is 17.9 Å². The molecule has 0 saturated heterocycles. The summed E-state index contributed by atoms with van der Waals surface area (Å²) in [4.78, 5) is 38.1. The van der Waals surface area contributed by atoms with Crippen LogP contribution >= 0.6 is 0 Å². The number of esters is 3. The maximum absolute atomic E-state index is 12.8. The van der Waals surface area contributed by atoms with E-state index in [1.54, 1.807) is 6.08 Å². The van der Waals surface area contributed by atoms with Crippen molar-refractivity contribution in [2.75, 3.05) is 13.2 Å². The van der Waals surface area contributed by atoms with Gasteiger partial charge in [-0.3, -0.25) is 14.4 Å². The zero-order valence-corrected chi connectivity index (χ0v) is 45.2. The van der Waals surface area contributed by atoms with Gasteiger partial charge in [0.2, 0.25) is 0 Å². The summed E-state index contributed by atoms with van der Waals surface area (Å²) in [5.41, 5.74) is 0. The number of allylic oxidation sites excluding steroid dienone is 19. The van der Waals surface area contributed by atoms with Crippen molar-refractivity contribution in [2.45, 2.75) is 252 Å². The molecule has 0 aliphatic rings. The minimum atomic E-state index is -0.845. The van der Waals surface area contributed by atoms with Gasteiger partial charge >= 0.3 is 17.9 Å². The molecule has 0 saturated carbocycles. The largest absolute Gasteiger partial charge is 0.462 e. The first-order valence-corrected chi connectivity index (χ1v) is 28.5. The Kier molecular flexibility index (Phi) is 54.0. The molecule has 0 aromatic carbocycles. The highest BCUT2D eigenvalue weighted by Crippen LogP contribution is 2.13. The molecular formula is C64H104O6. The molecule has 0 heterocycles. The van der Waals surface area contributed by atoms with Gasteiger partial charge in [0.25, 0.3) is 0 Å². The lowest BCUT2D eigenvalue weighted by molar-refractivity contribution is -0.166. The van der Waals surface area contributed by atoms with Crippen molar-refractivity contribution in [3.63, 3.8) is 0 Å². The highest BCUT2D eigenvalue weighted by Gasteiger charge is 2.19. The van der Waals surface area contributed by atoms with E-state index in [2.05, 4.69) is 130 Å². The average Bonchev–Trinajstić information content (AvgIpc) is 3.36. The summed E-state index contributed by atoms with van der Waals surface area (Å²) >= 11 is 0. The number of hydrogen-bond acceptors (Lipinski definition) is 6. The van der Waals surface area contributed by atoms with E-state index in [0.717, 1.165) is 109 Å². The quantitative estimate of drug-likeness (QED) is 0.0262. The molecule has 0 bridgehead atoms. The maximum Gasteiger partial charge on any atom is 0.310 e. The lowest BCUT2D eigenvalue weighted by Gasteiger charge is -2.18. The van der Waals surface area contributed by atoms with Gasteiger partial charge in [0.15, 0.2) is 6.10 Å². The molecule has 1 unspecified atom stereocenters. The van der Waals surface area contributed by atoms with Gasteiger partial charge in [0.05, 0.1) is 6.42 Å². The van der Waals surface area contributed by atoms with E-state index in [0.29, 0.717) is 19.3 Å². The summed E-state index contributed by atoms with van der Waals surface area (Å²) in [7, 11) is 0. The van der Waals surface area contributed by atoms with E-state index in [4.69, 9.17) is 14.2 Å². The van der Waals surface area contributed by atoms with Crippen molar-refractivity contribution < 1.29 is 28.6 Å². The monoisotopic (exact) mass is 969 g/mol. The SMILES string of the molecule is CC/C=C\C/C=C\C/C=C\C/C=C\C/C=C\CC(=O)OC(COC(=O)CCCCCCC/C=C\C/C=C\CCCC)COC(=O)CCCCCCCCCC/C=C\C/C=C\C/C=C\CCCCCCC. The Hall–Kier alpha value is -4.19. The number of carbonyl (C=O) groups is 3. The second-order valence-corrected chi connectivity index (χ2v) is 18.5. The van der Waals surface area contributed by atoms with Crippen LogP contribution in [0.1, 0.15) is 245 Å². The van der Waals surface area contributed by atoms with E-state index in [9.17, 15) is 14.4 Å². The lowest BCUT2D eigenvalue weighted by Crippen LogP contribution is -2.30. The Labute approximate surface area is 431 Å². The third-order valence-corrected chi connectivity index (χ3v) is 11.7. The van der Waals surface area contributed by atoms with Crippen LogP contribution in [-0.2, 0) is 28.6 Å². The molecule has 0 N–H and O–H groups in total. The zero-order chi connectivity index (χ0) is 50.7. The smallest absolute Gasteiger partial charge is 0.310 e. The standard InChI is InChI=1S/C64H104O6/c1-4-7-10-13-16-19-22-25-28-29-30-31-32-33-34-35-37-39-42-45-48-51-54-57-63(66)69-60-61(59-68-62(65)56-53-50-47-44-41-38-27-24-21-18-15-12-9-6-3)70-64(67)58-55-52-49-46-43-40-36-26-23-20-17-14-11-8-5-2/h8,11,15,17-18,20,22,24-27,29-30,32-33,36,43,46,52,55,61H,4-7,9-10,12-14,16,19,21,23,28,31,34-35,37-42,44-45,47-51,53-54,56-60H2,1-3H3/b11-8-,18-15-,20-17-,25-22-,27-24-,30-29-,33-32-,36-26-,46-43-,55-52-. The van der Waals surface area contributed by atoms with Crippen molar-refractivity contribution in [3.05, 3.63) is 122 Å². The Morgan fingerprint density at radius 1 is 0.314 bits per heavy atom. The minimum absolute atomic E-state index is 0.0878. The predicted molar refractivity (Wildman–Crippen MR) is 302 cm³/mol. The second-order valence-electron chi connectivity index (χ2n) is 18.5. The summed E-state index contributed by atoms with van der Waals surface area (Å²) in [6.07, 6.45) is 79.3. The van der Waals surface area contributed by atoms with Crippen LogP contribution in [0.5, 0.6) is 0 Å². The summed E-state index contributed by atoms with van der Waals surface area (Å²) < 4.78 is 16.7.